The van der Waals surface area contributed by atoms with Crippen LogP contribution in [0.4, 0.5) is 0 Å². The molecule has 0 aliphatic carbocycles. The van der Waals surface area contributed by atoms with E-state index in [0.29, 0.717) is 10.6 Å². The Bertz CT molecular complexity index is 463. The summed E-state index contributed by atoms with van der Waals surface area (Å²) in [5.74, 6) is 0. The number of hydrogen-bond donors (Lipinski definition) is 0. The largest absolute Gasteiger partial charge is 0.298 e. The number of rotatable bonds is 1. The standard InChI is InChI=1S/C11H7ClO/c12-10-5-8-3-1-2-4-11(8)9(6-10)7-13/h1-7H. The number of halogens is 1. The summed E-state index contributed by atoms with van der Waals surface area (Å²) < 4.78 is 0. The average molecular weight is 191 g/mol. The number of hydrogen-bond acceptors (Lipinski definition) is 1. The Kier molecular flexibility index (Phi) is 2.03. The molecule has 0 saturated heterocycles. The molecule has 0 aliphatic rings. The van der Waals surface area contributed by atoms with Crippen molar-refractivity contribution < 1.29 is 4.79 Å². The zero-order valence-electron chi connectivity index (χ0n) is 6.83. The number of benzene rings is 2. The second-order valence-corrected chi connectivity index (χ2v) is 3.27. The van der Waals surface area contributed by atoms with Crippen LogP contribution in [-0.2, 0) is 0 Å². The topological polar surface area (TPSA) is 17.1 Å². The van der Waals surface area contributed by atoms with Crippen LogP contribution in [0.5, 0.6) is 0 Å². The summed E-state index contributed by atoms with van der Waals surface area (Å²) in [7, 11) is 0. The van der Waals surface area contributed by atoms with E-state index in [0.717, 1.165) is 17.1 Å². The monoisotopic (exact) mass is 190 g/mol. The molecule has 0 N–H and O–H groups in total. The van der Waals surface area contributed by atoms with Crippen LogP contribution >= 0.6 is 11.6 Å². The van der Waals surface area contributed by atoms with Crippen molar-refractivity contribution in [3.05, 3.63) is 47.0 Å². The molecule has 0 unspecified atom stereocenters. The average Bonchev–Trinajstić information content (AvgIpc) is 2.16. The molecule has 0 aromatic heterocycles. The Balaban J connectivity index is 2.89. The summed E-state index contributed by atoms with van der Waals surface area (Å²) in [6.07, 6.45) is 0.828. The molecule has 0 atom stereocenters. The summed E-state index contributed by atoms with van der Waals surface area (Å²) in [6, 6.07) is 11.2. The fraction of sp³-hybridized carbons (Fsp3) is 0. The van der Waals surface area contributed by atoms with Crippen molar-refractivity contribution in [1.29, 1.82) is 0 Å². The Labute approximate surface area is 80.9 Å². The number of fused-ring (bicyclic) bond motifs is 1. The van der Waals surface area contributed by atoms with Crippen molar-refractivity contribution in [1.82, 2.24) is 0 Å². The van der Waals surface area contributed by atoms with Crippen LogP contribution in [0.2, 0.25) is 5.02 Å². The first-order valence-electron chi connectivity index (χ1n) is 3.95. The van der Waals surface area contributed by atoms with Gasteiger partial charge in [0, 0.05) is 10.6 Å². The number of carbonyl (C=O) groups is 1. The maximum absolute atomic E-state index is 10.7. The van der Waals surface area contributed by atoms with Crippen LogP contribution < -0.4 is 0 Å². The van der Waals surface area contributed by atoms with Crippen LogP contribution in [0.15, 0.2) is 36.4 Å². The fourth-order valence-corrected chi connectivity index (χ4v) is 1.63. The molecule has 0 bridgehead atoms. The molecular formula is C11H7ClO. The smallest absolute Gasteiger partial charge is 0.150 e. The van der Waals surface area contributed by atoms with Gasteiger partial charge in [-0.1, -0.05) is 35.9 Å². The highest BCUT2D eigenvalue weighted by atomic mass is 35.5. The first kappa shape index (κ1) is 8.27. The van der Waals surface area contributed by atoms with Crippen molar-refractivity contribution in [2.45, 2.75) is 0 Å². The Morgan fingerprint density at radius 2 is 1.92 bits per heavy atom. The van der Waals surface area contributed by atoms with Gasteiger partial charge < -0.3 is 0 Å². The molecular weight excluding hydrogens is 184 g/mol. The van der Waals surface area contributed by atoms with E-state index in [4.69, 9.17) is 11.6 Å². The lowest BCUT2D eigenvalue weighted by atomic mass is 10.1. The molecule has 13 heavy (non-hydrogen) atoms. The highest BCUT2D eigenvalue weighted by Crippen LogP contribution is 2.22. The third-order valence-corrected chi connectivity index (χ3v) is 2.20. The summed E-state index contributed by atoms with van der Waals surface area (Å²) in [6.45, 7) is 0. The Hall–Kier alpha value is -1.34. The zero-order valence-corrected chi connectivity index (χ0v) is 7.58. The molecule has 0 spiro atoms. The molecule has 2 aromatic rings. The predicted octanol–water partition coefficient (Wildman–Crippen LogP) is 3.31. The molecule has 2 aromatic carbocycles. The van der Waals surface area contributed by atoms with Crippen molar-refractivity contribution in [2.24, 2.45) is 0 Å². The lowest BCUT2D eigenvalue weighted by Gasteiger charge is -2.00. The summed E-state index contributed by atoms with van der Waals surface area (Å²) >= 11 is 5.84. The van der Waals surface area contributed by atoms with Crippen molar-refractivity contribution in [3.63, 3.8) is 0 Å². The van der Waals surface area contributed by atoms with Gasteiger partial charge in [0.15, 0.2) is 6.29 Å². The van der Waals surface area contributed by atoms with E-state index in [2.05, 4.69) is 0 Å². The van der Waals surface area contributed by atoms with Gasteiger partial charge in [0.1, 0.15) is 0 Å². The minimum absolute atomic E-state index is 0.598. The molecule has 2 rings (SSSR count). The van der Waals surface area contributed by atoms with Crippen molar-refractivity contribution in [3.8, 4) is 0 Å². The summed E-state index contributed by atoms with van der Waals surface area (Å²) in [5.41, 5.74) is 0.642. The van der Waals surface area contributed by atoms with Crippen LogP contribution in [0.3, 0.4) is 0 Å². The molecule has 0 radical (unpaired) electrons. The normalized spacial score (nSPS) is 10.2. The Morgan fingerprint density at radius 3 is 2.69 bits per heavy atom. The lowest BCUT2D eigenvalue weighted by Crippen LogP contribution is -1.82. The maximum Gasteiger partial charge on any atom is 0.150 e. The summed E-state index contributed by atoms with van der Waals surface area (Å²) in [4.78, 5) is 10.7. The van der Waals surface area contributed by atoms with E-state index in [1.165, 1.54) is 0 Å². The first-order valence-corrected chi connectivity index (χ1v) is 4.32. The number of aldehydes is 1. The molecule has 0 saturated carbocycles. The third kappa shape index (κ3) is 1.43. The molecule has 0 amide bonds. The van der Waals surface area contributed by atoms with Crippen LogP contribution in [0.25, 0.3) is 10.8 Å². The van der Waals surface area contributed by atoms with Gasteiger partial charge in [0.25, 0.3) is 0 Å². The molecule has 2 heteroatoms. The van der Waals surface area contributed by atoms with E-state index < -0.39 is 0 Å². The van der Waals surface area contributed by atoms with Gasteiger partial charge in [-0.3, -0.25) is 4.79 Å². The van der Waals surface area contributed by atoms with E-state index in [-0.39, 0.29) is 0 Å². The quantitative estimate of drug-likeness (QED) is 0.631. The van der Waals surface area contributed by atoms with Gasteiger partial charge >= 0.3 is 0 Å². The number of carbonyl (C=O) groups excluding carboxylic acids is 1. The van der Waals surface area contributed by atoms with Crippen molar-refractivity contribution in [2.75, 3.05) is 0 Å². The third-order valence-electron chi connectivity index (χ3n) is 1.99. The molecule has 64 valence electrons. The molecule has 1 nitrogen and oxygen atoms in total. The van der Waals surface area contributed by atoms with Gasteiger partial charge in [0.05, 0.1) is 0 Å². The zero-order chi connectivity index (χ0) is 9.26. The predicted molar refractivity (Wildman–Crippen MR) is 54.3 cm³/mol. The first-order chi connectivity index (χ1) is 6.31. The van der Waals surface area contributed by atoms with Crippen LogP contribution in [0.1, 0.15) is 10.4 Å². The van der Waals surface area contributed by atoms with E-state index >= 15 is 0 Å². The molecule has 0 heterocycles. The minimum atomic E-state index is 0.598. The van der Waals surface area contributed by atoms with Crippen LogP contribution in [0, 0.1) is 0 Å². The van der Waals surface area contributed by atoms with E-state index in [1.54, 1.807) is 6.07 Å². The lowest BCUT2D eigenvalue weighted by molar-refractivity contribution is 0.112. The van der Waals surface area contributed by atoms with Crippen LogP contribution in [-0.4, -0.2) is 6.29 Å². The highest BCUT2D eigenvalue weighted by molar-refractivity contribution is 6.31. The second kappa shape index (κ2) is 3.19. The van der Waals surface area contributed by atoms with Gasteiger partial charge in [-0.15, -0.1) is 0 Å². The van der Waals surface area contributed by atoms with E-state index in [9.17, 15) is 4.79 Å². The van der Waals surface area contributed by atoms with E-state index in [1.807, 2.05) is 30.3 Å². The highest BCUT2D eigenvalue weighted by Gasteiger charge is 2.00. The minimum Gasteiger partial charge on any atom is -0.298 e. The second-order valence-electron chi connectivity index (χ2n) is 2.83. The molecule has 0 fully saturated rings. The maximum atomic E-state index is 10.7. The molecule has 0 aliphatic heterocycles. The summed E-state index contributed by atoms with van der Waals surface area (Å²) in [5, 5.41) is 2.54. The fourth-order valence-electron chi connectivity index (χ4n) is 1.40. The van der Waals surface area contributed by atoms with Gasteiger partial charge in [-0.05, 0) is 22.9 Å². The van der Waals surface area contributed by atoms with Gasteiger partial charge in [0.2, 0.25) is 0 Å². The van der Waals surface area contributed by atoms with Gasteiger partial charge in [-0.25, -0.2) is 0 Å². The Morgan fingerprint density at radius 1 is 1.15 bits per heavy atom. The van der Waals surface area contributed by atoms with Crippen molar-refractivity contribution >= 4 is 28.7 Å². The van der Waals surface area contributed by atoms with Gasteiger partial charge in [-0.2, -0.15) is 0 Å². The SMILES string of the molecule is O=Cc1cc(Cl)cc2ccccc12.